The Kier molecular flexibility index (Phi) is 8.55. The number of benzene rings is 2. The van der Waals surface area contributed by atoms with Gasteiger partial charge >= 0.3 is 0 Å². The number of imidazole rings is 1. The van der Waals surface area contributed by atoms with Crippen molar-refractivity contribution in [2.45, 2.75) is 43.9 Å². The molecular weight excluding hydrogens is 623 g/mol. The zero-order chi connectivity index (χ0) is 30.8. The molecular formula is C31H28Cl2N6O4S. The van der Waals surface area contributed by atoms with E-state index in [9.17, 15) is 13.2 Å². The van der Waals surface area contributed by atoms with Gasteiger partial charge in [0.15, 0.2) is 0 Å². The Labute approximate surface area is 264 Å². The SMILES string of the molecule is Cc1cc(-n2ccnc2)c2cccc(OCc3c(Cl)ccc(S(=O)(=O)N4CCC[C@H]4C(=O)NCc4ccccn4)c3Cl)c2n1. The van der Waals surface area contributed by atoms with Crippen LogP contribution < -0.4 is 10.1 Å². The van der Waals surface area contributed by atoms with Crippen LogP contribution in [0.4, 0.5) is 0 Å². The van der Waals surface area contributed by atoms with Crippen LogP contribution in [0, 0.1) is 6.92 Å². The average Bonchev–Trinajstić information content (AvgIpc) is 3.74. The van der Waals surface area contributed by atoms with Crippen molar-refractivity contribution in [2.75, 3.05) is 6.54 Å². The van der Waals surface area contributed by atoms with Crippen LogP contribution in [0.25, 0.3) is 16.6 Å². The standard InChI is InChI=1S/C31H28Cl2N6O4S/c1-20-16-26(38-15-13-34-19-38)22-7-4-9-27(30(22)37-20)43-18-23-24(32)10-11-28(29(23)33)44(41,42)39-14-5-8-25(39)31(40)36-17-21-6-2-3-12-35-21/h2-4,6-7,9-13,15-16,19,25H,5,8,14,17-18H2,1H3,(H,36,40)/t25-/m0/s1. The molecule has 13 heteroatoms. The minimum atomic E-state index is -4.15. The molecule has 0 radical (unpaired) electrons. The Bertz CT molecular complexity index is 1940. The summed E-state index contributed by atoms with van der Waals surface area (Å²) in [6.45, 7) is 2.17. The first kappa shape index (κ1) is 30.0. The zero-order valence-electron chi connectivity index (χ0n) is 23.7. The highest BCUT2D eigenvalue weighted by atomic mass is 35.5. The summed E-state index contributed by atoms with van der Waals surface area (Å²) in [6.07, 6.45) is 7.82. The van der Waals surface area contributed by atoms with Crippen LogP contribution in [-0.2, 0) is 28.0 Å². The monoisotopic (exact) mass is 650 g/mol. The second-order valence-electron chi connectivity index (χ2n) is 10.3. The maximum Gasteiger partial charge on any atom is 0.245 e. The van der Waals surface area contributed by atoms with Gasteiger partial charge in [-0.05, 0) is 56.2 Å². The van der Waals surface area contributed by atoms with Crippen molar-refractivity contribution in [1.82, 2.24) is 29.1 Å². The minimum Gasteiger partial charge on any atom is -0.487 e. The molecule has 0 aliphatic carbocycles. The number of halogens is 2. The Morgan fingerprint density at radius 1 is 1.11 bits per heavy atom. The molecule has 0 spiro atoms. The van der Waals surface area contributed by atoms with E-state index >= 15 is 0 Å². The molecule has 10 nitrogen and oxygen atoms in total. The Morgan fingerprint density at radius 2 is 1.98 bits per heavy atom. The van der Waals surface area contributed by atoms with E-state index in [0.717, 1.165) is 16.8 Å². The largest absolute Gasteiger partial charge is 0.487 e. The van der Waals surface area contributed by atoms with Gasteiger partial charge in [-0.1, -0.05) is 41.4 Å². The number of hydrogen-bond donors (Lipinski definition) is 1. The van der Waals surface area contributed by atoms with Crippen LogP contribution in [0.15, 0.2) is 84.4 Å². The van der Waals surface area contributed by atoms with Gasteiger partial charge in [0.1, 0.15) is 28.8 Å². The van der Waals surface area contributed by atoms with Crippen molar-refractivity contribution in [3.05, 3.63) is 107 Å². The zero-order valence-corrected chi connectivity index (χ0v) is 26.0. The molecule has 1 aliphatic heterocycles. The van der Waals surface area contributed by atoms with E-state index < -0.39 is 16.1 Å². The molecule has 226 valence electrons. The molecule has 0 saturated carbocycles. The number of nitrogens with one attached hydrogen (secondary N) is 1. The number of ether oxygens (including phenoxy) is 1. The molecule has 1 N–H and O–H groups in total. The summed E-state index contributed by atoms with van der Waals surface area (Å²) in [5.74, 6) is 0.0938. The van der Waals surface area contributed by atoms with Gasteiger partial charge in [-0.2, -0.15) is 4.31 Å². The van der Waals surface area contributed by atoms with Crippen molar-refractivity contribution >= 4 is 50.0 Å². The van der Waals surface area contributed by atoms with Crippen LogP contribution >= 0.6 is 23.2 Å². The summed E-state index contributed by atoms with van der Waals surface area (Å²) in [5.41, 5.74) is 3.29. The fourth-order valence-corrected chi connectivity index (χ4v) is 7.85. The molecule has 0 bridgehead atoms. The summed E-state index contributed by atoms with van der Waals surface area (Å²) in [7, 11) is -4.15. The smallest absolute Gasteiger partial charge is 0.245 e. The predicted molar refractivity (Wildman–Crippen MR) is 167 cm³/mol. The lowest BCUT2D eigenvalue weighted by Crippen LogP contribution is -2.45. The van der Waals surface area contributed by atoms with Crippen LogP contribution in [0.3, 0.4) is 0 Å². The van der Waals surface area contributed by atoms with Gasteiger partial charge < -0.3 is 14.6 Å². The van der Waals surface area contributed by atoms with E-state index in [2.05, 4.69) is 15.3 Å². The summed E-state index contributed by atoms with van der Waals surface area (Å²) in [4.78, 5) is 26.0. The Morgan fingerprint density at radius 3 is 2.75 bits per heavy atom. The average molecular weight is 652 g/mol. The van der Waals surface area contributed by atoms with Gasteiger partial charge in [0.05, 0.1) is 29.3 Å². The number of hydrogen-bond acceptors (Lipinski definition) is 7. The van der Waals surface area contributed by atoms with E-state index in [1.165, 1.54) is 16.4 Å². The summed E-state index contributed by atoms with van der Waals surface area (Å²) in [5, 5.41) is 3.85. The highest BCUT2D eigenvalue weighted by Gasteiger charge is 2.40. The Hall–Kier alpha value is -4.03. The molecule has 1 saturated heterocycles. The van der Waals surface area contributed by atoms with Gasteiger partial charge in [-0.15, -0.1) is 0 Å². The lowest BCUT2D eigenvalue weighted by atomic mass is 10.1. The lowest BCUT2D eigenvalue weighted by Gasteiger charge is -2.24. The summed E-state index contributed by atoms with van der Waals surface area (Å²) >= 11 is 13.3. The fraction of sp³-hybridized carbons (Fsp3) is 0.226. The number of carbonyl (C=O) groups is 1. The number of aryl methyl sites for hydroxylation is 1. The molecule has 5 aromatic rings. The van der Waals surface area contributed by atoms with Gasteiger partial charge in [-0.25, -0.2) is 18.4 Å². The van der Waals surface area contributed by atoms with Crippen molar-refractivity contribution < 1.29 is 17.9 Å². The first-order chi connectivity index (χ1) is 21.2. The Balaban J connectivity index is 1.25. The van der Waals surface area contributed by atoms with E-state index in [-0.39, 0.29) is 40.5 Å². The molecule has 0 unspecified atom stereocenters. The summed E-state index contributed by atoms with van der Waals surface area (Å²) < 4.78 is 37.1. The first-order valence-electron chi connectivity index (χ1n) is 13.9. The summed E-state index contributed by atoms with van der Waals surface area (Å²) in [6, 6.07) is 14.9. The highest BCUT2D eigenvalue weighted by molar-refractivity contribution is 7.89. The van der Waals surface area contributed by atoms with E-state index in [1.807, 2.05) is 42.0 Å². The van der Waals surface area contributed by atoms with Crippen LogP contribution in [0.5, 0.6) is 5.75 Å². The molecule has 3 aromatic heterocycles. The number of aromatic nitrogens is 4. The molecule has 1 atom stereocenters. The van der Waals surface area contributed by atoms with E-state index in [1.54, 1.807) is 36.9 Å². The van der Waals surface area contributed by atoms with Gasteiger partial charge in [0.2, 0.25) is 15.9 Å². The second-order valence-corrected chi connectivity index (χ2v) is 13.0. The quantitative estimate of drug-likeness (QED) is 0.224. The van der Waals surface area contributed by atoms with Gasteiger partial charge in [0, 0.05) is 46.8 Å². The minimum absolute atomic E-state index is 0.0551. The number of pyridine rings is 2. The lowest BCUT2D eigenvalue weighted by molar-refractivity contribution is -0.124. The number of nitrogens with zero attached hydrogens (tertiary/aromatic N) is 5. The maximum atomic E-state index is 13.9. The highest BCUT2D eigenvalue weighted by Crippen LogP contribution is 2.37. The number of para-hydroxylation sites is 1. The normalized spacial score (nSPS) is 15.5. The number of rotatable bonds is 9. The van der Waals surface area contributed by atoms with Crippen LogP contribution in [0.1, 0.15) is 29.8 Å². The molecule has 6 rings (SSSR count). The van der Waals surface area contributed by atoms with Crippen LogP contribution in [0.2, 0.25) is 10.0 Å². The van der Waals surface area contributed by atoms with Crippen molar-refractivity contribution in [3.63, 3.8) is 0 Å². The van der Waals surface area contributed by atoms with Crippen LogP contribution in [-0.4, -0.2) is 50.7 Å². The topological polar surface area (TPSA) is 119 Å². The van der Waals surface area contributed by atoms with E-state index in [0.29, 0.717) is 35.4 Å². The predicted octanol–water partition coefficient (Wildman–Crippen LogP) is 5.48. The van der Waals surface area contributed by atoms with Crippen molar-refractivity contribution in [1.29, 1.82) is 0 Å². The number of sulfonamides is 1. The molecule has 1 amide bonds. The first-order valence-corrected chi connectivity index (χ1v) is 16.1. The van der Waals surface area contributed by atoms with Gasteiger partial charge in [0.25, 0.3) is 0 Å². The number of amides is 1. The third-order valence-electron chi connectivity index (χ3n) is 7.48. The molecule has 44 heavy (non-hydrogen) atoms. The van der Waals surface area contributed by atoms with Crippen molar-refractivity contribution in [2.24, 2.45) is 0 Å². The van der Waals surface area contributed by atoms with E-state index in [4.69, 9.17) is 32.9 Å². The van der Waals surface area contributed by atoms with Crippen molar-refractivity contribution in [3.8, 4) is 11.4 Å². The molecule has 2 aromatic carbocycles. The third kappa shape index (κ3) is 5.88. The number of carbonyl (C=O) groups excluding carboxylic acids is 1. The second kappa shape index (κ2) is 12.5. The third-order valence-corrected chi connectivity index (χ3v) is 10.3. The fourth-order valence-electron chi connectivity index (χ4n) is 5.33. The maximum absolute atomic E-state index is 13.9. The van der Waals surface area contributed by atoms with Gasteiger partial charge in [-0.3, -0.25) is 9.78 Å². The molecule has 1 aliphatic rings. The molecule has 4 heterocycles. The number of fused-ring (bicyclic) bond motifs is 1. The molecule has 1 fully saturated rings.